The highest BCUT2D eigenvalue weighted by Gasteiger charge is 2.27. The molecule has 5 rings (SSSR count). The number of nitrogens with one attached hydrogen (secondary N) is 1. The minimum absolute atomic E-state index is 0.0676. The van der Waals surface area contributed by atoms with Gasteiger partial charge in [-0.1, -0.05) is 30.1 Å². The Morgan fingerprint density at radius 2 is 1.76 bits per heavy atom. The van der Waals surface area contributed by atoms with Crippen molar-refractivity contribution in [2.24, 2.45) is 5.92 Å². The number of aryl methyl sites for hydroxylation is 2. The second kappa shape index (κ2) is 8.51. The highest BCUT2D eigenvalue weighted by Crippen LogP contribution is 2.36. The van der Waals surface area contributed by atoms with Crippen molar-refractivity contribution in [2.75, 3.05) is 5.75 Å². The van der Waals surface area contributed by atoms with Gasteiger partial charge in [0.05, 0.1) is 21.9 Å². The Hall–Kier alpha value is -3.26. The number of sulfone groups is 1. The van der Waals surface area contributed by atoms with Gasteiger partial charge in [-0.05, 0) is 74.1 Å². The molecule has 4 aromatic rings. The molecular formula is C26H25FN2O4S. The predicted octanol–water partition coefficient (Wildman–Crippen LogP) is 5.57. The van der Waals surface area contributed by atoms with E-state index in [4.69, 9.17) is 4.52 Å². The molecule has 1 fully saturated rings. The number of pyridine rings is 1. The number of rotatable bonds is 5. The van der Waals surface area contributed by atoms with Gasteiger partial charge in [-0.2, -0.15) is 0 Å². The van der Waals surface area contributed by atoms with E-state index in [0.29, 0.717) is 39.0 Å². The molecule has 0 radical (unpaired) electrons. The lowest BCUT2D eigenvalue weighted by atomic mass is 10.00. The number of aromatic amines is 1. The van der Waals surface area contributed by atoms with Gasteiger partial charge in [0.2, 0.25) is 0 Å². The van der Waals surface area contributed by atoms with Crippen LogP contribution < -0.4 is 5.56 Å². The van der Waals surface area contributed by atoms with Crippen LogP contribution in [0.1, 0.15) is 37.1 Å². The highest BCUT2D eigenvalue weighted by molar-refractivity contribution is 7.91. The van der Waals surface area contributed by atoms with E-state index in [1.54, 1.807) is 32.0 Å². The van der Waals surface area contributed by atoms with Crippen molar-refractivity contribution in [2.45, 2.75) is 44.4 Å². The SMILES string of the molecule is Cc1noc(C)c1-c1cc(S(=O)(=O)CC2CCCC2)c2cc(-c3ccc(F)cc3)c(=O)[nH]c2c1. The second-order valence-corrected chi connectivity index (χ2v) is 11.1. The van der Waals surface area contributed by atoms with Crippen molar-refractivity contribution in [1.82, 2.24) is 10.1 Å². The van der Waals surface area contributed by atoms with Gasteiger partial charge in [0.15, 0.2) is 9.84 Å². The molecule has 0 aliphatic heterocycles. The van der Waals surface area contributed by atoms with E-state index in [0.717, 1.165) is 25.7 Å². The third-order valence-electron chi connectivity index (χ3n) is 6.67. The molecule has 0 atom stereocenters. The van der Waals surface area contributed by atoms with E-state index in [1.807, 2.05) is 0 Å². The van der Waals surface area contributed by atoms with Crippen molar-refractivity contribution in [3.63, 3.8) is 0 Å². The summed E-state index contributed by atoms with van der Waals surface area (Å²) in [5, 5.41) is 4.44. The van der Waals surface area contributed by atoms with Gasteiger partial charge < -0.3 is 9.51 Å². The number of aromatic nitrogens is 2. The number of hydrogen-bond acceptors (Lipinski definition) is 5. The smallest absolute Gasteiger partial charge is 0.256 e. The number of fused-ring (bicyclic) bond motifs is 1. The molecule has 34 heavy (non-hydrogen) atoms. The maximum atomic E-state index is 13.7. The van der Waals surface area contributed by atoms with Crippen LogP contribution in [-0.2, 0) is 9.84 Å². The molecule has 2 aromatic carbocycles. The fourth-order valence-corrected chi connectivity index (χ4v) is 6.94. The second-order valence-electron chi connectivity index (χ2n) is 9.09. The third kappa shape index (κ3) is 4.07. The largest absolute Gasteiger partial charge is 0.361 e. The van der Waals surface area contributed by atoms with Crippen molar-refractivity contribution in [3.8, 4) is 22.3 Å². The molecule has 2 aromatic heterocycles. The zero-order valence-electron chi connectivity index (χ0n) is 19.0. The van der Waals surface area contributed by atoms with Gasteiger partial charge in [-0.25, -0.2) is 12.8 Å². The first-order valence-corrected chi connectivity index (χ1v) is 13.0. The van der Waals surface area contributed by atoms with Crippen LogP contribution in [0.3, 0.4) is 0 Å². The van der Waals surface area contributed by atoms with Crippen molar-refractivity contribution in [1.29, 1.82) is 0 Å². The average molecular weight is 481 g/mol. The van der Waals surface area contributed by atoms with Crippen molar-refractivity contribution >= 4 is 20.7 Å². The van der Waals surface area contributed by atoms with Crippen LogP contribution in [0.5, 0.6) is 0 Å². The maximum Gasteiger partial charge on any atom is 0.256 e. The molecule has 1 N–H and O–H groups in total. The van der Waals surface area contributed by atoms with E-state index in [1.165, 1.54) is 24.3 Å². The first-order valence-electron chi connectivity index (χ1n) is 11.4. The lowest BCUT2D eigenvalue weighted by molar-refractivity contribution is 0.393. The number of H-pyrrole nitrogens is 1. The number of halogens is 1. The molecule has 176 valence electrons. The number of nitrogens with zero attached hydrogens (tertiary/aromatic N) is 1. The number of benzene rings is 2. The molecule has 8 heteroatoms. The summed E-state index contributed by atoms with van der Waals surface area (Å²) in [4.78, 5) is 16.0. The van der Waals surface area contributed by atoms with Crippen LogP contribution in [0.25, 0.3) is 33.2 Å². The Bertz CT molecular complexity index is 1530. The van der Waals surface area contributed by atoms with Crippen LogP contribution in [0.15, 0.2) is 56.7 Å². The summed E-state index contributed by atoms with van der Waals surface area (Å²) in [6, 6.07) is 10.6. The Balaban J connectivity index is 1.76. The average Bonchev–Trinajstić information content (AvgIpc) is 3.42. The van der Waals surface area contributed by atoms with Gasteiger partial charge in [-0.15, -0.1) is 0 Å². The Labute approximate surface area is 196 Å². The molecule has 0 saturated heterocycles. The predicted molar refractivity (Wildman–Crippen MR) is 129 cm³/mol. The molecule has 0 unspecified atom stereocenters. The fraction of sp³-hybridized carbons (Fsp3) is 0.308. The Morgan fingerprint density at radius 3 is 2.41 bits per heavy atom. The van der Waals surface area contributed by atoms with Crippen LogP contribution in [0, 0.1) is 25.6 Å². The maximum absolute atomic E-state index is 13.7. The van der Waals surface area contributed by atoms with Crippen LogP contribution >= 0.6 is 0 Å². The van der Waals surface area contributed by atoms with Crippen LogP contribution in [0.2, 0.25) is 0 Å². The van der Waals surface area contributed by atoms with E-state index in [-0.39, 0.29) is 27.7 Å². The summed E-state index contributed by atoms with van der Waals surface area (Å²) in [6.07, 6.45) is 3.89. The minimum atomic E-state index is -3.66. The third-order valence-corrected chi connectivity index (χ3v) is 8.58. The van der Waals surface area contributed by atoms with Gasteiger partial charge in [0, 0.05) is 16.5 Å². The lowest BCUT2D eigenvalue weighted by Gasteiger charge is -2.15. The van der Waals surface area contributed by atoms with Gasteiger partial charge >= 0.3 is 0 Å². The summed E-state index contributed by atoms with van der Waals surface area (Å²) in [5.74, 6) is 0.353. The molecule has 0 spiro atoms. The Kier molecular flexibility index (Phi) is 5.64. The fourth-order valence-electron chi connectivity index (χ4n) is 5.00. The Morgan fingerprint density at radius 1 is 1.06 bits per heavy atom. The van der Waals surface area contributed by atoms with Crippen LogP contribution in [0.4, 0.5) is 4.39 Å². The summed E-state index contributed by atoms with van der Waals surface area (Å²) in [6.45, 7) is 3.57. The van der Waals surface area contributed by atoms with Gasteiger partial charge in [0.1, 0.15) is 11.6 Å². The molecule has 1 saturated carbocycles. The minimum Gasteiger partial charge on any atom is -0.361 e. The van der Waals surface area contributed by atoms with Gasteiger partial charge in [-0.3, -0.25) is 4.79 Å². The molecule has 6 nitrogen and oxygen atoms in total. The first-order chi connectivity index (χ1) is 16.2. The quantitative estimate of drug-likeness (QED) is 0.403. The van der Waals surface area contributed by atoms with E-state index < -0.39 is 15.7 Å². The molecular weight excluding hydrogens is 455 g/mol. The lowest BCUT2D eigenvalue weighted by Crippen LogP contribution is -2.16. The van der Waals surface area contributed by atoms with E-state index in [9.17, 15) is 17.6 Å². The first kappa shape index (κ1) is 22.5. The molecule has 1 aliphatic carbocycles. The summed E-state index contributed by atoms with van der Waals surface area (Å²) in [5.41, 5.74) is 2.81. The molecule has 0 amide bonds. The zero-order chi connectivity index (χ0) is 24.0. The standard InChI is InChI=1S/C26H25FN2O4S/c1-15-25(16(2)33-29-15)19-11-23-22(24(12-19)34(31,32)14-17-5-3-4-6-17)13-21(26(30)28-23)18-7-9-20(27)10-8-18/h7-13,17H,3-6,14H2,1-2H3,(H,28,30). The zero-order valence-corrected chi connectivity index (χ0v) is 19.8. The summed E-state index contributed by atoms with van der Waals surface area (Å²) in [7, 11) is -3.66. The normalized spacial score (nSPS) is 14.8. The van der Waals surface area contributed by atoms with E-state index >= 15 is 0 Å². The summed E-state index contributed by atoms with van der Waals surface area (Å²) < 4.78 is 46.1. The molecule has 1 aliphatic rings. The van der Waals surface area contributed by atoms with Crippen molar-refractivity contribution in [3.05, 3.63) is 70.1 Å². The molecule has 2 heterocycles. The van der Waals surface area contributed by atoms with E-state index in [2.05, 4.69) is 10.1 Å². The number of hydrogen-bond donors (Lipinski definition) is 1. The molecule has 0 bridgehead atoms. The summed E-state index contributed by atoms with van der Waals surface area (Å²) >= 11 is 0. The van der Waals surface area contributed by atoms with Crippen LogP contribution in [-0.4, -0.2) is 24.3 Å². The van der Waals surface area contributed by atoms with Gasteiger partial charge in [0.25, 0.3) is 5.56 Å². The topological polar surface area (TPSA) is 93.0 Å². The monoisotopic (exact) mass is 480 g/mol. The van der Waals surface area contributed by atoms with Crippen molar-refractivity contribution < 1.29 is 17.3 Å². The highest BCUT2D eigenvalue weighted by atomic mass is 32.2.